The highest BCUT2D eigenvalue weighted by molar-refractivity contribution is 5.94. The van der Waals surface area contributed by atoms with Crippen LogP contribution in [-0.2, 0) is 11.2 Å². The molecule has 1 aromatic heterocycles. The molecule has 0 spiro atoms. The maximum absolute atomic E-state index is 12.8. The van der Waals surface area contributed by atoms with Crippen molar-refractivity contribution in [2.45, 2.75) is 25.2 Å². The predicted octanol–water partition coefficient (Wildman–Crippen LogP) is 3.80. The van der Waals surface area contributed by atoms with E-state index in [0.29, 0.717) is 18.5 Å². The molecule has 5 heteroatoms. The lowest BCUT2D eigenvalue weighted by Crippen LogP contribution is -2.40. The molecule has 0 unspecified atom stereocenters. The topological polar surface area (TPSA) is 76.3 Å². The highest BCUT2D eigenvalue weighted by Gasteiger charge is 2.25. The number of carbonyl (C=O) groups excluding carboxylic acids is 2. The third-order valence-electron chi connectivity index (χ3n) is 5.60. The smallest absolute Gasteiger partial charge is 0.248 e. The van der Waals surface area contributed by atoms with E-state index in [4.69, 9.17) is 10.7 Å². The van der Waals surface area contributed by atoms with Crippen molar-refractivity contribution in [3.05, 3.63) is 89.6 Å². The molecular weight excluding hydrogens is 374 g/mol. The van der Waals surface area contributed by atoms with Gasteiger partial charge in [-0.05, 0) is 42.7 Å². The molecule has 2 amide bonds. The van der Waals surface area contributed by atoms with Crippen LogP contribution in [0.25, 0.3) is 11.3 Å². The van der Waals surface area contributed by atoms with Gasteiger partial charge in [0.05, 0.1) is 12.1 Å². The number of primary amides is 1. The summed E-state index contributed by atoms with van der Waals surface area (Å²) < 4.78 is 0. The van der Waals surface area contributed by atoms with Gasteiger partial charge in [-0.3, -0.25) is 14.6 Å². The van der Waals surface area contributed by atoms with Gasteiger partial charge in [0.25, 0.3) is 0 Å². The summed E-state index contributed by atoms with van der Waals surface area (Å²) in [5.74, 6) is -0.0817. The van der Waals surface area contributed by atoms with Crippen molar-refractivity contribution in [1.82, 2.24) is 9.88 Å². The van der Waals surface area contributed by atoms with Crippen LogP contribution in [0.4, 0.5) is 0 Å². The second kappa shape index (κ2) is 8.91. The Morgan fingerprint density at radius 2 is 1.80 bits per heavy atom. The van der Waals surface area contributed by atoms with Crippen LogP contribution in [-0.4, -0.2) is 34.8 Å². The fraction of sp³-hybridized carbons (Fsp3) is 0.240. The molecule has 3 aromatic rings. The first-order chi connectivity index (χ1) is 14.6. The number of amides is 2. The monoisotopic (exact) mass is 399 g/mol. The highest BCUT2D eigenvalue weighted by Crippen LogP contribution is 2.28. The molecule has 2 heterocycles. The van der Waals surface area contributed by atoms with E-state index < -0.39 is 5.91 Å². The number of benzene rings is 2. The van der Waals surface area contributed by atoms with Gasteiger partial charge in [0.15, 0.2) is 0 Å². The van der Waals surface area contributed by atoms with Crippen molar-refractivity contribution in [2.75, 3.05) is 13.1 Å². The van der Waals surface area contributed by atoms with Crippen LogP contribution in [0.1, 0.15) is 40.4 Å². The summed E-state index contributed by atoms with van der Waals surface area (Å²) in [6.07, 6.45) is 2.40. The number of piperidine rings is 1. The van der Waals surface area contributed by atoms with Crippen LogP contribution < -0.4 is 5.73 Å². The zero-order valence-corrected chi connectivity index (χ0v) is 16.8. The molecule has 0 bridgehead atoms. The molecule has 4 rings (SSSR count). The molecule has 1 fully saturated rings. The minimum atomic E-state index is -0.451. The van der Waals surface area contributed by atoms with Gasteiger partial charge in [-0.1, -0.05) is 48.5 Å². The fourth-order valence-corrected chi connectivity index (χ4v) is 4.00. The number of carbonyl (C=O) groups is 2. The SMILES string of the molecule is NC(=O)c1cccc(-c2cccc([C@@H]3CCCN(C(=O)Cc4ccccc4)C3)n2)c1. The largest absolute Gasteiger partial charge is 0.366 e. The van der Waals surface area contributed by atoms with Crippen molar-refractivity contribution in [3.8, 4) is 11.3 Å². The minimum absolute atomic E-state index is 0.163. The van der Waals surface area contributed by atoms with Crippen LogP contribution in [0.2, 0.25) is 0 Å². The minimum Gasteiger partial charge on any atom is -0.366 e. The Balaban J connectivity index is 1.50. The van der Waals surface area contributed by atoms with Gasteiger partial charge in [-0.2, -0.15) is 0 Å². The van der Waals surface area contributed by atoms with E-state index in [9.17, 15) is 9.59 Å². The first kappa shape index (κ1) is 19.8. The Hall–Kier alpha value is -3.47. The number of nitrogens with zero attached hydrogens (tertiary/aromatic N) is 2. The van der Waals surface area contributed by atoms with E-state index in [1.165, 1.54) is 0 Å². The lowest BCUT2D eigenvalue weighted by Gasteiger charge is -2.32. The summed E-state index contributed by atoms with van der Waals surface area (Å²) in [7, 11) is 0. The van der Waals surface area contributed by atoms with Gasteiger partial charge in [0.1, 0.15) is 0 Å². The molecule has 0 aliphatic carbocycles. The summed E-state index contributed by atoms with van der Waals surface area (Å²) in [4.78, 5) is 31.1. The predicted molar refractivity (Wildman–Crippen MR) is 117 cm³/mol. The van der Waals surface area contributed by atoms with Crippen LogP contribution in [0.15, 0.2) is 72.8 Å². The molecule has 152 valence electrons. The van der Waals surface area contributed by atoms with E-state index in [1.54, 1.807) is 12.1 Å². The number of hydrogen-bond acceptors (Lipinski definition) is 3. The standard InChI is InChI=1S/C25H25N3O2/c26-25(30)20-10-4-9-19(16-20)22-12-5-13-23(27-22)21-11-6-14-28(17-21)24(29)15-18-7-2-1-3-8-18/h1-5,7-10,12-13,16,21H,6,11,14-15,17H2,(H2,26,30)/t21-/m1/s1. The summed E-state index contributed by atoms with van der Waals surface area (Å²) in [6, 6.07) is 23.0. The van der Waals surface area contributed by atoms with E-state index >= 15 is 0 Å². The highest BCUT2D eigenvalue weighted by atomic mass is 16.2. The Morgan fingerprint density at radius 1 is 1.00 bits per heavy atom. The van der Waals surface area contributed by atoms with Crippen LogP contribution >= 0.6 is 0 Å². The van der Waals surface area contributed by atoms with E-state index in [2.05, 4.69) is 0 Å². The third kappa shape index (κ3) is 4.57. The maximum Gasteiger partial charge on any atom is 0.248 e. The number of pyridine rings is 1. The van der Waals surface area contributed by atoms with Crippen LogP contribution in [0, 0.1) is 0 Å². The summed E-state index contributed by atoms with van der Waals surface area (Å²) in [5, 5.41) is 0. The average molecular weight is 399 g/mol. The third-order valence-corrected chi connectivity index (χ3v) is 5.60. The van der Waals surface area contributed by atoms with Gasteiger partial charge >= 0.3 is 0 Å². The first-order valence-corrected chi connectivity index (χ1v) is 10.3. The van der Waals surface area contributed by atoms with E-state index in [0.717, 1.165) is 41.9 Å². The summed E-state index contributed by atoms with van der Waals surface area (Å²) in [5.41, 5.74) is 9.57. The summed E-state index contributed by atoms with van der Waals surface area (Å²) >= 11 is 0. The lowest BCUT2D eigenvalue weighted by atomic mass is 9.93. The molecule has 2 N–H and O–H groups in total. The van der Waals surface area contributed by atoms with Crippen molar-refractivity contribution < 1.29 is 9.59 Å². The molecular formula is C25H25N3O2. The van der Waals surface area contributed by atoms with Crippen LogP contribution in [0.5, 0.6) is 0 Å². The van der Waals surface area contributed by atoms with Gasteiger partial charge in [-0.25, -0.2) is 0 Å². The van der Waals surface area contributed by atoms with Gasteiger partial charge in [-0.15, -0.1) is 0 Å². The summed E-state index contributed by atoms with van der Waals surface area (Å²) in [6.45, 7) is 1.48. The first-order valence-electron chi connectivity index (χ1n) is 10.3. The normalized spacial score (nSPS) is 16.3. The van der Waals surface area contributed by atoms with E-state index in [-0.39, 0.29) is 11.8 Å². The number of aromatic nitrogens is 1. The van der Waals surface area contributed by atoms with Gasteiger partial charge < -0.3 is 10.6 Å². The maximum atomic E-state index is 12.8. The molecule has 0 radical (unpaired) electrons. The van der Waals surface area contributed by atoms with Gasteiger partial charge in [0.2, 0.25) is 11.8 Å². The molecule has 1 atom stereocenters. The second-order valence-corrected chi connectivity index (χ2v) is 7.73. The molecule has 30 heavy (non-hydrogen) atoms. The number of rotatable bonds is 5. The molecule has 5 nitrogen and oxygen atoms in total. The number of hydrogen-bond donors (Lipinski definition) is 1. The molecule has 1 aliphatic heterocycles. The second-order valence-electron chi connectivity index (χ2n) is 7.73. The molecule has 0 saturated carbocycles. The molecule has 2 aromatic carbocycles. The average Bonchev–Trinajstić information content (AvgIpc) is 2.80. The Morgan fingerprint density at radius 3 is 2.60 bits per heavy atom. The van der Waals surface area contributed by atoms with Crippen molar-refractivity contribution in [2.24, 2.45) is 5.73 Å². The quantitative estimate of drug-likeness (QED) is 0.709. The van der Waals surface area contributed by atoms with Crippen molar-refractivity contribution in [1.29, 1.82) is 0 Å². The zero-order valence-electron chi connectivity index (χ0n) is 16.8. The fourth-order valence-electron chi connectivity index (χ4n) is 4.00. The van der Waals surface area contributed by atoms with Crippen LogP contribution in [0.3, 0.4) is 0 Å². The van der Waals surface area contributed by atoms with E-state index in [1.807, 2.05) is 65.6 Å². The molecule has 1 aliphatic rings. The lowest BCUT2D eigenvalue weighted by molar-refractivity contribution is -0.131. The Bertz CT molecular complexity index is 1050. The molecule has 1 saturated heterocycles. The Labute approximate surface area is 176 Å². The zero-order chi connectivity index (χ0) is 20.9. The van der Waals surface area contributed by atoms with Crippen molar-refractivity contribution >= 4 is 11.8 Å². The number of nitrogens with two attached hydrogens (primary N) is 1. The van der Waals surface area contributed by atoms with Crippen molar-refractivity contribution in [3.63, 3.8) is 0 Å². The Kier molecular flexibility index (Phi) is 5.89. The van der Waals surface area contributed by atoms with Gasteiger partial charge in [0, 0.05) is 35.8 Å². The number of likely N-dealkylation sites (tertiary alicyclic amines) is 1.